The number of hydrogen-bond donors (Lipinski definition) is 1. The first-order valence-corrected chi connectivity index (χ1v) is 6.32. The molecule has 0 radical (unpaired) electrons. The van der Waals surface area contributed by atoms with Crippen LogP contribution < -0.4 is 5.73 Å². The van der Waals surface area contributed by atoms with Crippen LogP contribution in [0.25, 0.3) is 0 Å². The van der Waals surface area contributed by atoms with Gasteiger partial charge in [-0.25, -0.2) is 4.39 Å². The standard InChI is InChI=1S/C14H21ClFN/c1-9(8-17)5-10-6-11(14(2,3)4)13(16)12(15)7-10/h6-7,9H,5,8,17H2,1-4H3. The van der Waals surface area contributed by atoms with E-state index >= 15 is 0 Å². The van der Waals surface area contributed by atoms with Crippen LogP contribution in [0, 0.1) is 11.7 Å². The van der Waals surface area contributed by atoms with E-state index in [1.54, 1.807) is 6.07 Å². The minimum atomic E-state index is -0.302. The SMILES string of the molecule is CC(CN)Cc1cc(Cl)c(F)c(C(C)(C)C)c1. The van der Waals surface area contributed by atoms with Crippen LogP contribution in [0.3, 0.4) is 0 Å². The van der Waals surface area contributed by atoms with Crippen molar-refractivity contribution < 1.29 is 4.39 Å². The van der Waals surface area contributed by atoms with E-state index in [0.717, 1.165) is 12.0 Å². The van der Waals surface area contributed by atoms with Gasteiger partial charge in [-0.3, -0.25) is 0 Å². The molecule has 0 spiro atoms. The second-order valence-electron chi connectivity index (χ2n) is 5.73. The molecule has 1 unspecified atom stereocenters. The highest BCUT2D eigenvalue weighted by Gasteiger charge is 2.21. The van der Waals surface area contributed by atoms with Crippen molar-refractivity contribution in [3.05, 3.63) is 34.1 Å². The number of hydrogen-bond acceptors (Lipinski definition) is 1. The minimum Gasteiger partial charge on any atom is -0.330 e. The van der Waals surface area contributed by atoms with Crippen molar-refractivity contribution in [2.45, 2.75) is 39.5 Å². The predicted molar refractivity (Wildman–Crippen MR) is 72.0 cm³/mol. The number of rotatable bonds is 3. The minimum absolute atomic E-state index is 0.205. The number of nitrogens with two attached hydrogens (primary N) is 1. The van der Waals surface area contributed by atoms with Gasteiger partial charge in [-0.2, -0.15) is 0 Å². The first-order valence-electron chi connectivity index (χ1n) is 5.94. The Morgan fingerprint density at radius 2 is 1.94 bits per heavy atom. The van der Waals surface area contributed by atoms with E-state index in [-0.39, 0.29) is 16.3 Å². The van der Waals surface area contributed by atoms with E-state index in [1.165, 1.54) is 0 Å². The fourth-order valence-corrected chi connectivity index (χ4v) is 2.04. The summed E-state index contributed by atoms with van der Waals surface area (Å²) in [4.78, 5) is 0. The van der Waals surface area contributed by atoms with Crippen molar-refractivity contribution in [3.63, 3.8) is 0 Å². The summed E-state index contributed by atoms with van der Waals surface area (Å²) in [5, 5.41) is 0.205. The Morgan fingerprint density at radius 1 is 1.35 bits per heavy atom. The third-order valence-electron chi connectivity index (χ3n) is 2.88. The lowest BCUT2D eigenvalue weighted by Crippen LogP contribution is -2.16. The summed E-state index contributed by atoms with van der Waals surface area (Å²) in [5.74, 6) is 0.0765. The summed E-state index contributed by atoms with van der Waals surface area (Å²) in [6.07, 6.45) is 0.833. The van der Waals surface area contributed by atoms with Crippen molar-refractivity contribution in [3.8, 4) is 0 Å². The van der Waals surface area contributed by atoms with Gasteiger partial charge in [-0.05, 0) is 41.5 Å². The lowest BCUT2D eigenvalue weighted by molar-refractivity contribution is 0.519. The average molecular weight is 258 g/mol. The van der Waals surface area contributed by atoms with Gasteiger partial charge in [0.1, 0.15) is 5.82 Å². The van der Waals surface area contributed by atoms with Crippen LogP contribution in [0.15, 0.2) is 12.1 Å². The molecule has 1 aromatic carbocycles. The second-order valence-corrected chi connectivity index (χ2v) is 6.14. The monoisotopic (exact) mass is 257 g/mol. The summed E-state index contributed by atoms with van der Waals surface area (Å²) in [6, 6.07) is 3.62. The van der Waals surface area contributed by atoms with Gasteiger partial charge in [-0.15, -0.1) is 0 Å². The van der Waals surface area contributed by atoms with E-state index in [9.17, 15) is 4.39 Å². The molecule has 0 aliphatic heterocycles. The molecular weight excluding hydrogens is 237 g/mol. The summed E-state index contributed by atoms with van der Waals surface area (Å²) in [7, 11) is 0. The zero-order chi connectivity index (χ0) is 13.2. The van der Waals surface area contributed by atoms with Crippen LogP contribution in [0.5, 0.6) is 0 Å². The summed E-state index contributed by atoms with van der Waals surface area (Å²) < 4.78 is 13.9. The van der Waals surface area contributed by atoms with Gasteiger partial charge in [0, 0.05) is 0 Å². The molecule has 2 N–H and O–H groups in total. The Labute approximate surface area is 108 Å². The molecule has 0 fully saturated rings. The van der Waals surface area contributed by atoms with Crippen LogP contribution in [0.1, 0.15) is 38.8 Å². The van der Waals surface area contributed by atoms with E-state index < -0.39 is 0 Å². The van der Waals surface area contributed by atoms with Crippen molar-refractivity contribution in [2.75, 3.05) is 6.54 Å². The molecule has 17 heavy (non-hydrogen) atoms. The lowest BCUT2D eigenvalue weighted by Gasteiger charge is -2.22. The van der Waals surface area contributed by atoms with Crippen molar-refractivity contribution in [1.29, 1.82) is 0 Å². The summed E-state index contributed by atoms with van der Waals surface area (Å²) in [6.45, 7) is 8.65. The predicted octanol–water partition coefficient (Wildman–Crippen LogP) is 3.91. The Morgan fingerprint density at radius 3 is 2.41 bits per heavy atom. The maximum Gasteiger partial charge on any atom is 0.145 e. The van der Waals surface area contributed by atoms with E-state index in [2.05, 4.69) is 6.92 Å². The van der Waals surface area contributed by atoms with Gasteiger partial charge in [-0.1, -0.05) is 45.4 Å². The fourth-order valence-electron chi connectivity index (χ4n) is 1.79. The van der Waals surface area contributed by atoms with E-state index in [4.69, 9.17) is 17.3 Å². The zero-order valence-electron chi connectivity index (χ0n) is 11.0. The molecule has 0 aliphatic rings. The maximum absolute atomic E-state index is 13.9. The molecule has 0 heterocycles. The zero-order valence-corrected chi connectivity index (χ0v) is 11.7. The van der Waals surface area contributed by atoms with Crippen LogP contribution in [0.2, 0.25) is 5.02 Å². The molecular formula is C14H21ClFN. The molecule has 1 atom stereocenters. The lowest BCUT2D eigenvalue weighted by atomic mass is 9.84. The van der Waals surface area contributed by atoms with Gasteiger partial charge in [0.15, 0.2) is 0 Å². The number of benzene rings is 1. The molecule has 0 aliphatic carbocycles. The molecule has 0 saturated heterocycles. The number of halogens is 2. The first-order chi connectivity index (χ1) is 7.75. The Balaban J connectivity index is 3.15. The molecule has 1 aromatic rings. The quantitative estimate of drug-likeness (QED) is 0.873. The Hall–Kier alpha value is -0.600. The Bertz CT molecular complexity index is 396. The summed E-state index contributed by atoms with van der Waals surface area (Å²) in [5.41, 5.74) is 7.09. The normalized spacial score (nSPS) is 13.8. The van der Waals surface area contributed by atoms with Gasteiger partial charge >= 0.3 is 0 Å². The smallest absolute Gasteiger partial charge is 0.145 e. The highest BCUT2D eigenvalue weighted by Crippen LogP contribution is 2.31. The van der Waals surface area contributed by atoms with Gasteiger partial charge in [0.05, 0.1) is 5.02 Å². The molecule has 3 heteroatoms. The van der Waals surface area contributed by atoms with Gasteiger partial charge in [0.2, 0.25) is 0 Å². The molecule has 0 bridgehead atoms. The molecule has 0 aromatic heterocycles. The van der Waals surface area contributed by atoms with Crippen LogP contribution in [-0.2, 0) is 11.8 Å². The van der Waals surface area contributed by atoms with Gasteiger partial charge < -0.3 is 5.73 Å². The molecule has 96 valence electrons. The fraction of sp³-hybridized carbons (Fsp3) is 0.571. The van der Waals surface area contributed by atoms with E-state index in [1.807, 2.05) is 26.8 Å². The summed E-state index contributed by atoms with van der Waals surface area (Å²) >= 11 is 5.95. The first kappa shape index (κ1) is 14.5. The Kier molecular flexibility index (Phi) is 4.56. The third kappa shape index (κ3) is 3.68. The highest BCUT2D eigenvalue weighted by molar-refractivity contribution is 6.30. The molecule has 0 saturated carbocycles. The van der Waals surface area contributed by atoms with Crippen molar-refractivity contribution in [1.82, 2.24) is 0 Å². The maximum atomic E-state index is 13.9. The van der Waals surface area contributed by atoms with Crippen molar-refractivity contribution >= 4 is 11.6 Å². The molecule has 1 rings (SSSR count). The van der Waals surface area contributed by atoms with Crippen LogP contribution in [-0.4, -0.2) is 6.54 Å². The highest BCUT2D eigenvalue weighted by atomic mass is 35.5. The second kappa shape index (κ2) is 5.36. The van der Waals surface area contributed by atoms with Crippen molar-refractivity contribution in [2.24, 2.45) is 11.7 Å². The largest absolute Gasteiger partial charge is 0.330 e. The topological polar surface area (TPSA) is 26.0 Å². The van der Waals surface area contributed by atoms with Gasteiger partial charge in [0.25, 0.3) is 0 Å². The van der Waals surface area contributed by atoms with E-state index in [0.29, 0.717) is 18.0 Å². The van der Waals surface area contributed by atoms with Crippen LogP contribution in [0.4, 0.5) is 4.39 Å². The van der Waals surface area contributed by atoms with Crippen LogP contribution >= 0.6 is 11.6 Å². The molecule has 1 nitrogen and oxygen atoms in total. The third-order valence-corrected chi connectivity index (χ3v) is 3.16. The molecule has 0 amide bonds. The average Bonchev–Trinajstić information content (AvgIpc) is 2.21.